The number of ether oxygens (including phenoxy) is 2. The molecule has 0 saturated heterocycles. The molecular weight excluding hydrogens is 226 g/mol. The van der Waals surface area contributed by atoms with Gasteiger partial charge in [-0.3, -0.25) is 0 Å². The van der Waals surface area contributed by atoms with Crippen LogP contribution in [-0.2, 0) is 4.74 Å². The average Bonchev–Trinajstić information content (AvgIpc) is 3.22. The van der Waals surface area contributed by atoms with Crippen LogP contribution in [0.25, 0.3) is 0 Å². The van der Waals surface area contributed by atoms with Gasteiger partial charge in [-0.25, -0.2) is 0 Å². The van der Waals surface area contributed by atoms with Crippen molar-refractivity contribution in [1.29, 1.82) is 0 Å². The summed E-state index contributed by atoms with van der Waals surface area (Å²) in [5.41, 5.74) is 1.26. The zero-order valence-corrected chi connectivity index (χ0v) is 11.3. The van der Waals surface area contributed by atoms with Crippen molar-refractivity contribution in [2.24, 2.45) is 5.92 Å². The van der Waals surface area contributed by atoms with E-state index in [4.69, 9.17) is 9.47 Å². The molecule has 1 unspecified atom stereocenters. The lowest BCUT2D eigenvalue weighted by molar-refractivity contribution is 0.103. The summed E-state index contributed by atoms with van der Waals surface area (Å²) in [6.45, 7) is 4.73. The summed E-state index contributed by atoms with van der Waals surface area (Å²) in [5, 5.41) is 3.46. The summed E-state index contributed by atoms with van der Waals surface area (Å²) in [7, 11) is 1.69. The van der Waals surface area contributed by atoms with Gasteiger partial charge in [0, 0.05) is 6.61 Å². The molecule has 1 aromatic rings. The van der Waals surface area contributed by atoms with Crippen LogP contribution in [0.15, 0.2) is 24.3 Å². The fourth-order valence-corrected chi connectivity index (χ4v) is 1.99. The van der Waals surface area contributed by atoms with Crippen LogP contribution in [0.5, 0.6) is 5.75 Å². The van der Waals surface area contributed by atoms with Crippen LogP contribution in [0.3, 0.4) is 0 Å². The molecule has 0 heterocycles. The van der Waals surface area contributed by atoms with Crippen molar-refractivity contribution < 1.29 is 9.47 Å². The van der Waals surface area contributed by atoms with E-state index in [1.807, 2.05) is 12.1 Å². The Kier molecular flexibility index (Phi) is 5.02. The van der Waals surface area contributed by atoms with Crippen molar-refractivity contribution in [3.05, 3.63) is 29.8 Å². The van der Waals surface area contributed by atoms with Crippen LogP contribution in [-0.4, -0.2) is 26.9 Å². The smallest absolute Gasteiger partial charge is 0.118 e. The van der Waals surface area contributed by atoms with Crippen LogP contribution in [0.1, 0.15) is 31.4 Å². The molecule has 0 bridgehead atoms. The monoisotopic (exact) mass is 249 g/mol. The summed E-state index contributed by atoms with van der Waals surface area (Å²) in [6.07, 6.45) is 2.68. The number of hydrogen-bond acceptors (Lipinski definition) is 3. The molecule has 1 atom stereocenters. The molecule has 3 nitrogen and oxygen atoms in total. The molecule has 18 heavy (non-hydrogen) atoms. The molecule has 0 amide bonds. The van der Waals surface area contributed by atoms with E-state index in [0.717, 1.165) is 31.4 Å². The summed E-state index contributed by atoms with van der Waals surface area (Å²) >= 11 is 0. The van der Waals surface area contributed by atoms with Gasteiger partial charge in [-0.2, -0.15) is 0 Å². The Morgan fingerprint density at radius 2 is 2.00 bits per heavy atom. The Morgan fingerprint density at radius 3 is 2.56 bits per heavy atom. The van der Waals surface area contributed by atoms with Crippen molar-refractivity contribution in [2.45, 2.75) is 25.8 Å². The first-order valence-corrected chi connectivity index (χ1v) is 6.78. The molecule has 1 fully saturated rings. The minimum absolute atomic E-state index is 0.277. The minimum atomic E-state index is 0.277. The molecule has 100 valence electrons. The molecule has 1 aliphatic carbocycles. The van der Waals surface area contributed by atoms with Crippen molar-refractivity contribution in [3.8, 4) is 5.75 Å². The molecule has 0 spiro atoms. The van der Waals surface area contributed by atoms with Crippen LogP contribution >= 0.6 is 0 Å². The number of benzene rings is 1. The molecule has 0 radical (unpaired) electrons. The first-order chi connectivity index (χ1) is 8.83. The van der Waals surface area contributed by atoms with E-state index in [0.29, 0.717) is 0 Å². The van der Waals surface area contributed by atoms with E-state index in [-0.39, 0.29) is 6.04 Å². The Labute approximate surface area is 109 Å². The highest BCUT2D eigenvalue weighted by molar-refractivity contribution is 5.29. The molecule has 0 aliphatic heterocycles. The van der Waals surface area contributed by atoms with Gasteiger partial charge < -0.3 is 14.8 Å². The van der Waals surface area contributed by atoms with E-state index in [2.05, 4.69) is 24.4 Å². The Bertz CT molecular complexity index is 346. The predicted molar refractivity (Wildman–Crippen MR) is 73.0 cm³/mol. The lowest BCUT2D eigenvalue weighted by Crippen LogP contribution is -2.25. The maximum Gasteiger partial charge on any atom is 0.118 e. The second-order valence-corrected chi connectivity index (χ2v) is 4.86. The van der Waals surface area contributed by atoms with Crippen molar-refractivity contribution in [3.63, 3.8) is 0 Å². The Morgan fingerprint density at radius 1 is 1.28 bits per heavy atom. The highest BCUT2D eigenvalue weighted by Gasteiger charge is 2.22. The van der Waals surface area contributed by atoms with E-state index in [9.17, 15) is 0 Å². The summed E-state index contributed by atoms with van der Waals surface area (Å²) < 4.78 is 11.0. The molecule has 2 rings (SSSR count). The van der Waals surface area contributed by atoms with E-state index in [1.54, 1.807) is 7.11 Å². The molecule has 1 N–H and O–H groups in total. The van der Waals surface area contributed by atoms with Gasteiger partial charge in [0.2, 0.25) is 0 Å². The summed E-state index contributed by atoms with van der Waals surface area (Å²) in [5.74, 6) is 1.72. The normalized spacial score (nSPS) is 16.6. The third kappa shape index (κ3) is 4.00. The van der Waals surface area contributed by atoms with Gasteiger partial charge in [-0.15, -0.1) is 0 Å². The quantitative estimate of drug-likeness (QED) is 0.768. The van der Waals surface area contributed by atoms with Gasteiger partial charge in [0.1, 0.15) is 5.75 Å². The van der Waals surface area contributed by atoms with E-state index in [1.165, 1.54) is 18.4 Å². The predicted octanol–water partition coefficient (Wildman–Crippen LogP) is 2.77. The second kappa shape index (κ2) is 6.76. The Balaban J connectivity index is 1.88. The van der Waals surface area contributed by atoms with Gasteiger partial charge in [0.15, 0.2) is 0 Å². The van der Waals surface area contributed by atoms with Crippen LogP contribution in [0.2, 0.25) is 0 Å². The highest BCUT2D eigenvalue weighted by atomic mass is 16.5. The fraction of sp³-hybridized carbons (Fsp3) is 0.600. The summed E-state index contributed by atoms with van der Waals surface area (Å²) in [6, 6.07) is 8.49. The fourth-order valence-electron chi connectivity index (χ4n) is 1.99. The lowest BCUT2D eigenvalue weighted by Gasteiger charge is -2.18. The first kappa shape index (κ1) is 13.4. The SMILES string of the molecule is CCNC(COCC1CC1)c1ccc(OC)cc1. The van der Waals surface area contributed by atoms with Gasteiger partial charge in [-0.05, 0) is 43.0 Å². The number of rotatable bonds is 8. The number of likely N-dealkylation sites (N-methyl/N-ethyl adjacent to an activating group) is 1. The van der Waals surface area contributed by atoms with Crippen molar-refractivity contribution in [2.75, 3.05) is 26.9 Å². The molecular formula is C15H23NO2. The largest absolute Gasteiger partial charge is 0.497 e. The van der Waals surface area contributed by atoms with Crippen LogP contribution in [0, 0.1) is 5.92 Å². The average molecular weight is 249 g/mol. The lowest BCUT2D eigenvalue weighted by atomic mass is 10.1. The maximum atomic E-state index is 5.79. The molecule has 3 heteroatoms. The molecule has 0 aromatic heterocycles. The van der Waals surface area contributed by atoms with Gasteiger partial charge >= 0.3 is 0 Å². The Hall–Kier alpha value is -1.06. The topological polar surface area (TPSA) is 30.5 Å². The first-order valence-electron chi connectivity index (χ1n) is 6.78. The number of methoxy groups -OCH3 is 1. The van der Waals surface area contributed by atoms with Gasteiger partial charge in [0.25, 0.3) is 0 Å². The van der Waals surface area contributed by atoms with Gasteiger partial charge in [0.05, 0.1) is 19.8 Å². The van der Waals surface area contributed by atoms with E-state index < -0.39 is 0 Å². The zero-order valence-electron chi connectivity index (χ0n) is 11.3. The standard InChI is InChI=1S/C15H23NO2/c1-3-16-15(11-18-10-12-4-5-12)13-6-8-14(17-2)9-7-13/h6-9,12,15-16H,3-5,10-11H2,1-2H3. The zero-order chi connectivity index (χ0) is 12.8. The van der Waals surface area contributed by atoms with Crippen molar-refractivity contribution in [1.82, 2.24) is 5.32 Å². The van der Waals surface area contributed by atoms with Crippen LogP contribution in [0.4, 0.5) is 0 Å². The van der Waals surface area contributed by atoms with Crippen LogP contribution < -0.4 is 10.1 Å². The minimum Gasteiger partial charge on any atom is -0.497 e. The third-order valence-corrected chi connectivity index (χ3v) is 3.30. The van der Waals surface area contributed by atoms with Gasteiger partial charge in [-0.1, -0.05) is 19.1 Å². The highest BCUT2D eigenvalue weighted by Crippen LogP contribution is 2.29. The van der Waals surface area contributed by atoms with Crippen molar-refractivity contribution >= 4 is 0 Å². The molecule has 1 saturated carbocycles. The number of hydrogen-bond donors (Lipinski definition) is 1. The summed E-state index contributed by atoms with van der Waals surface area (Å²) in [4.78, 5) is 0. The number of nitrogens with one attached hydrogen (secondary N) is 1. The third-order valence-electron chi connectivity index (χ3n) is 3.30. The maximum absolute atomic E-state index is 5.79. The second-order valence-electron chi connectivity index (χ2n) is 4.86. The van der Waals surface area contributed by atoms with E-state index >= 15 is 0 Å². The molecule has 1 aliphatic rings. The molecule has 1 aromatic carbocycles.